The van der Waals surface area contributed by atoms with Crippen LogP contribution in [0.5, 0.6) is 0 Å². The number of thiophene rings is 1. The summed E-state index contributed by atoms with van der Waals surface area (Å²) in [7, 11) is -3.28. The highest BCUT2D eigenvalue weighted by molar-refractivity contribution is 9.09. The maximum atomic E-state index is 11.8. The van der Waals surface area contributed by atoms with Crippen LogP contribution in [0.2, 0.25) is 0 Å². The zero-order valence-corrected chi connectivity index (χ0v) is 12.6. The molecular formula is C10H16BrNO2S2. The Morgan fingerprint density at radius 3 is 2.69 bits per heavy atom. The Kier molecular flexibility index (Phi) is 5.43. The minimum atomic E-state index is -3.28. The van der Waals surface area contributed by atoms with Crippen molar-refractivity contribution in [1.29, 1.82) is 0 Å². The lowest BCUT2D eigenvalue weighted by atomic mass is 10.2. The molecule has 0 saturated heterocycles. The summed E-state index contributed by atoms with van der Waals surface area (Å²) in [4.78, 5) is 1.44. The van der Waals surface area contributed by atoms with Gasteiger partial charge in [-0.05, 0) is 31.9 Å². The monoisotopic (exact) mass is 325 g/mol. The first-order chi connectivity index (χ1) is 7.42. The van der Waals surface area contributed by atoms with E-state index in [0.29, 0.717) is 15.6 Å². The van der Waals surface area contributed by atoms with Crippen molar-refractivity contribution in [3.8, 4) is 0 Å². The fraction of sp³-hybridized carbons (Fsp3) is 0.600. The van der Waals surface area contributed by atoms with Gasteiger partial charge in [-0.2, -0.15) is 0 Å². The zero-order valence-electron chi connectivity index (χ0n) is 9.36. The molecule has 0 aliphatic rings. The van der Waals surface area contributed by atoms with Crippen LogP contribution < -0.4 is 4.72 Å². The summed E-state index contributed by atoms with van der Waals surface area (Å²) in [5.74, 6) is 0. The number of halogens is 1. The molecule has 1 heterocycles. The standard InChI is InChI=1S/C10H16BrNO2S2/c1-8(11)4-3-7-12-16(13,14)10-6-5-9(2)15-10/h5-6,8,12H,3-4,7H2,1-2H3. The second-order valence-corrected chi connectivity index (χ2v) is 8.53. The molecular weight excluding hydrogens is 310 g/mol. The summed E-state index contributed by atoms with van der Waals surface area (Å²) in [6.07, 6.45) is 1.81. The van der Waals surface area contributed by atoms with Gasteiger partial charge in [-0.15, -0.1) is 11.3 Å². The first-order valence-electron chi connectivity index (χ1n) is 5.12. The van der Waals surface area contributed by atoms with Crippen molar-refractivity contribution in [2.75, 3.05) is 6.54 Å². The lowest BCUT2D eigenvalue weighted by Gasteiger charge is -2.05. The van der Waals surface area contributed by atoms with Gasteiger partial charge < -0.3 is 0 Å². The second kappa shape index (κ2) is 6.14. The van der Waals surface area contributed by atoms with E-state index in [2.05, 4.69) is 27.6 Å². The number of rotatable bonds is 6. The Bertz CT molecular complexity index is 426. The van der Waals surface area contributed by atoms with E-state index in [1.165, 1.54) is 11.3 Å². The van der Waals surface area contributed by atoms with Gasteiger partial charge in [-0.25, -0.2) is 13.1 Å². The Morgan fingerprint density at radius 2 is 2.19 bits per heavy atom. The average molecular weight is 326 g/mol. The smallest absolute Gasteiger partial charge is 0.210 e. The van der Waals surface area contributed by atoms with Crippen molar-refractivity contribution in [2.24, 2.45) is 0 Å². The molecule has 3 nitrogen and oxygen atoms in total. The third-order valence-corrected chi connectivity index (χ3v) is 5.46. The number of aryl methyl sites for hydroxylation is 1. The lowest BCUT2D eigenvalue weighted by molar-refractivity contribution is 0.579. The van der Waals surface area contributed by atoms with Crippen LogP contribution in [-0.4, -0.2) is 19.8 Å². The van der Waals surface area contributed by atoms with Crippen molar-refractivity contribution in [3.05, 3.63) is 17.0 Å². The third kappa shape index (κ3) is 4.53. The van der Waals surface area contributed by atoms with Gasteiger partial charge in [-0.3, -0.25) is 0 Å². The summed E-state index contributed by atoms with van der Waals surface area (Å²) in [5.41, 5.74) is 0. The second-order valence-electron chi connectivity index (χ2n) is 3.69. The summed E-state index contributed by atoms with van der Waals surface area (Å²) in [5, 5.41) is 0. The first-order valence-corrected chi connectivity index (χ1v) is 8.33. The van der Waals surface area contributed by atoms with Crippen LogP contribution in [0, 0.1) is 6.92 Å². The van der Waals surface area contributed by atoms with E-state index in [0.717, 1.165) is 17.7 Å². The Hall–Kier alpha value is 0.0900. The molecule has 16 heavy (non-hydrogen) atoms. The average Bonchev–Trinajstić information content (AvgIpc) is 2.60. The van der Waals surface area contributed by atoms with Gasteiger partial charge in [0.2, 0.25) is 10.0 Å². The molecule has 92 valence electrons. The molecule has 0 fully saturated rings. The molecule has 1 atom stereocenters. The topological polar surface area (TPSA) is 46.2 Å². The number of nitrogens with one attached hydrogen (secondary N) is 1. The van der Waals surface area contributed by atoms with E-state index < -0.39 is 10.0 Å². The fourth-order valence-corrected chi connectivity index (χ4v) is 3.94. The largest absolute Gasteiger partial charge is 0.250 e. The predicted octanol–water partition coefficient (Wildman–Crippen LogP) is 2.90. The van der Waals surface area contributed by atoms with Crippen molar-refractivity contribution < 1.29 is 8.42 Å². The maximum absolute atomic E-state index is 11.8. The maximum Gasteiger partial charge on any atom is 0.250 e. The molecule has 1 aromatic heterocycles. The van der Waals surface area contributed by atoms with Gasteiger partial charge >= 0.3 is 0 Å². The number of hydrogen-bond acceptors (Lipinski definition) is 3. The van der Waals surface area contributed by atoms with Gasteiger partial charge in [0.1, 0.15) is 4.21 Å². The third-order valence-electron chi connectivity index (χ3n) is 2.05. The molecule has 6 heteroatoms. The summed E-state index contributed by atoms with van der Waals surface area (Å²) in [6.45, 7) is 4.45. The highest BCUT2D eigenvalue weighted by Crippen LogP contribution is 2.20. The van der Waals surface area contributed by atoms with Gasteiger partial charge in [-0.1, -0.05) is 22.9 Å². The minimum Gasteiger partial charge on any atom is -0.210 e. The van der Waals surface area contributed by atoms with E-state index in [1.807, 2.05) is 13.0 Å². The van der Waals surface area contributed by atoms with Gasteiger partial charge in [0, 0.05) is 16.2 Å². The summed E-state index contributed by atoms with van der Waals surface area (Å²) < 4.78 is 26.6. The van der Waals surface area contributed by atoms with Crippen LogP contribution in [0.1, 0.15) is 24.6 Å². The van der Waals surface area contributed by atoms with Gasteiger partial charge in [0.15, 0.2) is 0 Å². The molecule has 1 rings (SSSR count). The van der Waals surface area contributed by atoms with Crippen molar-refractivity contribution in [2.45, 2.75) is 35.7 Å². The highest BCUT2D eigenvalue weighted by Gasteiger charge is 2.14. The van der Waals surface area contributed by atoms with Gasteiger partial charge in [0.05, 0.1) is 0 Å². The van der Waals surface area contributed by atoms with Crippen molar-refractivity contribution >= 4 is 37.3 Å². The van der Waals surface area contributed by atoms with Crippen molar-refractivity contribution in [1.82, 2.24) is 4.72 Å². The van der Waals surface area contributed by atoms with Crippen LogP contribution >= 0.6 is 27.3 Å². The molecule has 1 aromatic rings. The Balaban J connectivity index is 2.47. The van der Waals surface area contributed by atoms with E-state index in [-0.39, 0.29) is 0 Å². The van der Waals surface area contributed by atoms with E-state index >= 15 is 0 Å². The lowest BCUT2D eigenvalue weighted by Crippen LogP contribution is -2.24. The molecule has 1 unspecified atom stereocenters. The molecule has 0 aliphatic carbocycles. The summed E-state index contributed by atoms with van der Waals surface area (Å²) >= 11 is 4.73. The van der Waals surface area contributed by atoms with Crippen LogP contribution in [0.3, 0.4) is 0 Å². The predicted molar refractivity (Wildman–Crippen MR) is 71.9 cm³/mol. The molecule has 0 bridgehead atoms. The van der Waals surface area contributed by atoms with Gasteiger partial charge in [0.25, 0.3) is 0 Å². The minimum absolute atomic E-state index is 0.400. The SMILES string of the molecule is Cc1ccc(S(=O)(=O)NCCCC(C)Br)s1. The van der Waals surface area contributed by atoms with E-state index in [9.17, 15) is 8.42 Å². The molecule has 0 saturated carbocycles. The first kappa shape index (κ1) is 14.2. The number of sulfonamides is 1. The summed E-state index contributed by atoms with van der Waals surface area (Å²) in [6, 6.07) is 3.47. The Labute approximate surface area is 109 Å². The number of hydrogen-bond donors (Lipinski definition) is 1. The van der Waals surface area contributed by atoms with Crippen LogP contribution in [-0.2, 0) is 10.0 Å². The molecule has 0 aliphatic heterocycles. The highest BCUT2D eigenvalue weighted by atomic mass is 79.9. The molecule has 0 aromatic carbocycles. The van der Waals surface area contributed by atoms with Crippen LogP contribution in [0.15, 0.2) is 16.3 Å². The van der Waals surface area contributed by atoms with Crippen LogP contribution in [0.25, 0.3) is 0 Å². The van der Waals surface area contributed by atoms with E-state index in [4.69, 9.17) is 0 Å². The number of alkyl halides is 1. The molecule has 0 spiro atoms. The normalized spacial score (nSPS) is 13.9. The fourth-order valence-electron chi connectivity index (χ4n) is 1.22. The quantitative estimate of drug-likeness (QED) is 0.645. The van der Waals surface area contributed by atoms with Crippen LogP contribution in [0.4, 0.5) is 0 Å². The zero-order chi connectivity index (χ0) is 12.2. The molecule has 0 radical (unpaired) electrons. The molecule has 0 amide bonds. The molecule has 1 N–H and O–H groups in total. The van der Waals surface area contributed by atoms with Crippen molar-refractivity contribution in [3.63, 3.8) is 0 Å². The Morgan fingerprint density at radius 1 is 1.50 bits per heavy atom. The van der Waals surface area contributed by atoms with E-state index in [1.54, 1.807) is 6.07 Å².